The lowest BCUT2D eigenvalue weighted by Crippen LogP contribution is -2.40. The number of ether oxygens (including phenoxy) is 1. The van der Waals surface area contributed by atoms with Crippen LogP contribution in [-0.2, 0) is 21.4 Å². The number of carbonyl (C=O) groups is 1. The van der Waals surface area contributed by atoms with Gasteiger partial charge >= 0.3 is 6.09 Å². The first-order chi connectivity index (χ1) is 16.6. The largest absolute Gasteiger partial charge is 0.444 e. The number of amides is 1. The van der Waals surface area contributed by atoms with E-state index in [1.54, 1.807) is 19.5 Å². The van der Waals surface area contributed by atoms with E-state index in [4.69, 9.17) is 14.6 Å². The fourth-order valence-electron chi connectivity index (χ4n) is 4.14. The minimum Gasteiger partial charge on any atom is -0.444 e. The topological polar surface area (TPSA) is 101 Å². The molecule has 0 atom stereocenters. The summed E-state index contributed by atoms with van der Waals surface area (Å²) in [6.45, 7) is 9.99. The van der Waals surface area contributed by atoms with Crippen LogP contribution >= 0.6 is 0 Å². The predicted octanol–water partition coefficient (Wildman–Crippen LogP) is 5.24. The Labute approximate surface area is 206 Å². The fourth-order valence-corrected chi connectivity index (χ4v) is 4.14. The number of aromatic amines is 1. The van der Waals surface area contributed by atoms with Crippen LogP contribution in [0.3, 0.4) is 0 Å². The van der Waals surface area contributed by atoms with Crippen molar-refractivity contribution in [3.05, 3.63) is 59.7 Å². The summed E-state index contributed by atoms with van der Waals surface area (Å²) in [6.07, 6.45) is 4.87. The van der Waals surface area contributed by atoms with Crippen molar-refractivity contribution in [1.82, 2.24) is 20.3 Å². The number of hydrogen-bond donors (Lipinski definition) is 2. The van der Waals surface area contributed by atoms with Crippen LogP contribution in [0.4, 0.5) is 4.79 Å². The Morgan fingerprint density at radius 2 is 1.83 bits per heavy atom. The summed E-state index contributed by atoms with van der Waals surface area (Å²) >= 11 is 0. The first-order valence-electron chi connectivity index (χ1n) is 11.8. The Bertz CT molecular complexity index is 1240. The van der Waals surface area contributed by atoms with Gasteiger partial charge in [-0.15, -0.1) is 0 Å². The van der Waals surface area contributed by atoms with Crippen LogP contribution in [0.15, 0.2) is 47.9 Å². The van der Waals surface area contributed by atoms with Gasteiger partial charge < -0.3 is 19.9 Å². The van der Waals surface area contributed by atoms with Crippen LogP contribution in [0.2, 0.25) is 0 Å². The predicted molar refractivity (Wildman–Crippen MR) is 136 cm³/mol. The number of aryl methyl sites for hydroxylation is 1. The Hall–Kier alpha value is -3.68. The number of carbonyl (C=O) groups excluding carboxylic acids is 1. The number of imidazole rings is 1. The van der Waals surface area contributed by atoms with Crippen molar-refractivity contribution < 1.29 is 14.4 Å². The normalized spacial score (nSPS) is 14.6. The van der Waals surface area contributed by atoms with Crippen molar-refractivity contribution in [2.45, 2.75) is 58.5 Å². The molecule has 35 heavy (non-hydrogen) atoms. The lowest BCUT2D eigenvalue weighted by atomic mass is 9.92. The summed E-state index contributed by atoms with van der Waals surface area (Å²) < 4.78 is 5.40. The van der Waals surface area contributed by atoms with Crippen LogP contribution in [0.1, 0.15) is 58.0 Å². The number of hydrogen-bond acceptors (Lipinski definition) is 6. The quantitative estimate of drug-likeness (QED) is 0.475. The molecule has 8 heteroatoms. The Morgan fingerprint density at radius 3 is 2.51 bits per heavy atom. The highest BCUT2D eigenvalue weighted by Crippen LogP contribution is 2.35. The first kappa shape index (κ1) is 24.4. The number of nitrogens with zero attached hydrogens (tertiary/aromatic N) is 3. The molecule has 1 aliphatic carbocycles. The molecule has 0 bridgehead atoms. The first-order valence-corrected chi connectivity index (χ1v) is 11.8. The summed E-state index contributed by atoms with van der Waals surface area (Å²) in [6, 6.07) is 10.3. The minimum atomic E-state index is -0.554. The van der Waals surface area contributed by atoms with Gasteiger partial charge in [-0.05, 0) is 57.4 Å². The minimum absolute atomic E-state index is 0.367. The van der Waals surface area contributed by atoms with Crippen LogP contribution in [0.25, 0.3) is 22.5 Å². The van der Waals surface area contributed by atoms with Gasteiger partial charge in [0, 0.05) is 41.0 Å². The molecule has 184 valence electrons. The van der Waals surface area contributed by atoms with E-state index in [9.17, 15) is 4.79 Å². The van der Waals surface area contributed by atoms with Gasteiger partial charge in [-0.3, -0.25) is 4.98 Å². The SMILES string of the molecule is CO/N=C1/CCc2cc(-c3nc(C(C)(C)CNC(=O)OC(C)(C)C)[nH]c3-c3ccncc3)ccc21. The highest BCUT2D eigenvalue weighted by molar-refractivity contribution is 6.04. The highest BCUT2D eigenvalue weighted by Gasteiger charge is 2.29. The van der Waals surface area contributed by atoms with E-state index in [1.165, 1.54) is 5.56 Å². The molecule has 4 rings (SSSR count). The average molecular weight is 476 g/mol. The number of fused-ring (bicyclic) bond motifs is 1. The Balaban J connectivity index is 1.69. The summed E-state index contributed by atoms with van der Waals surface area (Å²) in [7, 11) is 1.57. The summed E-state index contributed by atoms with van der Waals surface area (Å²) in [5.41, 5.74) is 6.09. The second-order valence-electron chi connectivity index (χ2n) is 10.4. The van der Waals surface area contributed by atoms with Gasteiger partial charge in [-0.2, -0.15) is 0 Å². The number of nitrogens with one attached hydrogen (secondary N) is 2. The van der Waals surface area contributed by atoms with Crippen LogP contribution in [0, 0.1) is 0 Å². The fraction of sp³-hybridized carbons (Fsp3) is 0.407. The molecule has 2 aromatic heterocycles. The van der Waals surface area contributed by atoms with Gasteiger partial charge in [0.2, 0.25) is 0 Å². The number of alkyl carbamates (subject to hydrolysis) is 1. The zero-order valence-electron chi connectivity index (χ0n) is 21.2. The van der Waals surface area contributed by atoms with Crippen LogP contribution < -0.4 is 5.32 Å². The van der Waals surface area contributed by atoms with Crippen LogP contribution in [-0.4, -0.2) is 46.0 Å². The standard InChI is InChI=1S/C27H33N5O3/c1-26(2,3)35-25(33)29-16-27(4,5)24-30-22(17-11-13-28-14-12-17)23(31-24)19-7-9-20-18(15-19)8-10-21(20)32-34-6/h7,9,11-15H,8,10,16H2,1-6H3,(H,29,33)(H,30,31)/b32-21-. The van der Waals surface area contributed by atoms with Crippen molar-refractivity contribution in [1.29, 1.82) is 0 Å². The second-order valence-corrected chi connectivity index (χ2v) is 10.4. The van der Waals surface area contributed by atoms with E-state index in [2.05, 4.69) is 38.6 Å². The number of H-pyrrole nitrogens is 1. The van der Waals surface area contributed by atoms with E-state index < -0.39 is 17.1 Å². The van der Waals surface area contributed by atoms with E-state index in [-0.39, 0.29) is 0 Å². The summed E-state index contributed by atoms with van der Waals surface area (Å²) in [4.78, 5) is 30.0. The molecule has 1 amide bonds. The van der Waals surface area contributed by atoms with Crippen molar-refractivity contribution in [2.75, 3.05) is 13.7 Å². The van der Waals surface area contributed by atoms with Crippen molar-refractivity contribution in [3.8, 4) is 22.5 Å². The third-order valence-corrected chi connectivity index (χ3v) is 5.91. The zero-order valence-corrected chi connectivity index (χ0v) is 21.2. The molecule has 1 aromatic carbocycles. The molecular formula is C27H33N5O3. The Morgan fingerprint density at radius 1 is 1.09 bits per heavy atom. The summed E-state index contributed by atoms with van der Waals surface area (Å²) in [5, 5.41) is 7.05. The smallest absolute Gasteiger partial charge is 0.407 e. The molecule has 0 aliphatic heterocycles. The monoisotopic (exact) mass is 475 g/mol. The zero-order chi connectivity index (χ0) is 25.2. The molecule has 0 spiro atoms. The molecule has 2 N–H and O–H groups in total. The number of oxime groups is 1. The van der Waals surface area contributed by atoms with Gasteiger partial charge in [0.15, 0.2) is 0 Å². The van der Waals surface area contributed by atoms with Gasteiger partial charge in [-0.25, -0.2) is 9.78 Å². The maximum absolute atomic E-state index is 12.2. The maximum Gasteiger partial charge on any atom is 0.407 e. The molecule has 0 radical (unpaired) electrons. The molecule has 8 nitrogen and oxygen atoms in total. The average Bonchev–Trinajstić information content (AvgIpc) is 3.43. The Kier molecular flexibility index (Phi) is 6.65. The van der Waals surface area contributed by atoms with Crippen molar-refractivity contribution in [2.24, 2.45) is 5.16 Å². The van der Waals surface area contributed by atoms with Gasteiger partial charge in [0.25, 0.3) is 0 Å². The number of aromatic nitrogens is 3. The third kappa shape index (κ3) is 5.53. The molecule has 2 heterocycles. The molecule has 0 fully saturated rings. The molecule has 3 aromatic rings. The van der Waals surface area contributed by atoms with E-state index in [0.29, 0.717) is 6.54 Å². The van der Waals surface area contributed by atoms with Crippen molar-refractivity contribution >= 4 is 11.8 Å². The number of rotatable bonds is 6. The number of benzene rings is 1. The van der Waals surface area contributed by atoms with Crippen molar-refractivity contribution in [3.63, 3.8) is 0 Å². The van der Waals surface area contributed by atoms with Crippen LogP contribution in [0.5, 0.6) is 0 Å². The highest BCUT2D eigenvalue weighted by atomic mass is 16.6. The molecule has 0 unspecified atom stereocenters. The molecule has 1 aliphatic rings. The maximum atomic E-state index is 12.2. The lowest BCUT2D eigenvalue weighted by molar-refractivity contribution is 0.0516. The van der Waals surface area contributed by atoms with E-state index >= 15 is 0 Å². The second kappa shape index (κ2) is 9.52. The van der Waals surface area contributed by atoms with Gasteiger partial charge in [-0.1, -0.05) is 31.1 Å². The molecule has 0 saturated heterocycles. The number of pyridine rings is 1. The summed E-state index contributed by atoms with van der Waals surface area (Å²) in [5.74, 6) is 0.775. The van der Waals surface area contributed by atoms with E-state index in [0.717, 1.165) is 52.5 Å². The van der Waals surface area contributed by atoms with Gasteiger partial charge in [0.05, 0.1) is 17.1 Å². The molecular weight excluding hydrogens is 442 g/mol. The van der Waals surface area contributed by atoms with Gasteiger partial charge in [0.1, 0.15) is 18.5 Å². The lowest BCUT2D eigenvalue weighted by Gasteiger charge is -2.25. The third-order valence-electron chi connectivity index (χ3n) is 5.91. The van der Waals surface area contributed by atoms with E-state index in [1.807, 2.05) is 46.8 Å². The molecule has 0 saturated carbocycles.